The normalized spacial score (nSPS) is 12.5. The molecular formula is C14H27N3O3S. The first-order valence-corrected chi connectivity index (χ1v) is 8.75. The van der Waals surface area contributed by atoms with Gasteiger partial charge in [0, 0.05) is 31.5 Å². The number of nitrogens with zero attached hydrogens (tertiary/aromatic N) is 3. The molecule has 0 saturated carbocycles. The second kappa shape index (κ2) is 7.93. The molecule has 122 valence electrons. The fraction of sp³-hybridized carbons (Fsp3) is 0.714. The summed E-state index contributed by atoms with van der Waals surface area (Å²) in [7, 11) is 0.456. The maximum Gasteiger partial charge on any atom is 0.244 e. The highest BCUT2D eigenvalue weighted by molar-refractivity contribution is 7.89. The van der Waals surface area contributed by atoms with Gasteiger partial charge < -0.3 is 14.6 Å². The lowest BCUT2D eigenvalue weighted by Crippen LogP contribution is -2.33. The molecule has 0 aliphatic heterocycles. The third-order valence-corrected chi connectivity index (χ3v) is 5.41. The van der Waals surface area contributed by atoms with Crippen LogP contribution in [-0.2, 0) is 23.2 Å². The van der Waals surface area contributed by atoms with E-state index in [0.717, 1.165) is 13.0 Å². The smallest absolute Gasteiger partial charge is 0.244 e. The topological polar surface area (TPSA) is 65.8 Å². The Labute approximate surface area is 128 Å². The molecule has 6 nitrogen and oxygen atoms in total. The van der Waals surface area contributed by atoms with Crippen LogP contribution in [0.4, 0.5) is 0 Å². The fourth-order valence-electron chi connectivity index (χ4n) is 2.25. The van der Waals surface area contributed by atoms with Crippen molar-refractivity contribution in [1.29, 1.82) is 0 Å². The fourth-order valence-corrected chi connectivity index (χ4v) is 3.81. The van der Waals surface area contributed by atoms with Crippen LogP contribution in [0.1, 0.15) is 26.0 Å². The summed E-state index contributed by atoms with van der Waals surface area (Å²) in [5.41, 5.74) is 0.625. The summed E-state index contributed by atoms with van der Waals surface area (Å²) in [6.07, 6.45) is 2.40. The lowest BCUT2D eigenvalue weighted by molar-refractivity contribution is 0.271. The maximum atomic E-state index is 12.7. The van der Waals surface area contributed by atoms with E-state index in [1.54, 1.807) is 16.8 Å². The zero-order valence-corrected chi connectivity index (χ0v) is 14.2. The SMILES string of the molecule is CCN(CCCN(C)C)S(=O)(=O)c1cc(CO)n(CC)c1. The monoisotopic (exact) mass is 317 g/mol. The molecule has 1 aromatic rings. The van der Waals surface area contributed by atoms with Gasteiger partial charge >= 0.3 is 0 Å². The van der Waals surface area contributed by atoms with Gasteiger partial charge in [0.1, 0.15) is 4.90 Å². The minimum absolute atomic E-state index is 0.157. The van der Waals surface area contributed by atoms with Crippen molar-refractivity contribution in [3.8, 4) is 0 Å². The number of hydrogen-bond donors (Lipinski definition) is 1. The van der Waals surface area contributed by atoms with Gasteiger partial charge in [0.15, 0.2) is 0 Å². The highest BCUT2D eigenvalue weighted by Gasteiger charge is 2.24. The van der Waals surface area contributed by atoms with Crippen LogP contribution in [0.2, 0.25) is 0 Å². The molecule has 0 atom stereocenters. The van der Waals surface area contributed by atoms with Crippen LogP contribution < -0.4 is 0 Å². The van der Waals surface area contributed by atoms with Gasteiger partial charge in [0.05, 0.1) is 6.61 Å². The summed E-state index contributed by atoms with van der Waals surface area (Å²) in [6.45, 7) is 6.05. The molecule has 1 aromatic heterocycles. The van der Waals surface area contributed by atoms with E-state index in [1.165, 1.54) is 4.31 Å². The first-order chi connectivity index (χ1) is 9.86. The summed E-state index contributed by atoms with van der Waals surface area (Å²) < 4.78 is 28.6. The molecule has 21 heavy (non-hydrogen) atoms. The van der Waals surface area contributed by atoms with Crippen molar-refractivity contribution in [2.45, 2.75) is 38.3 Å². The molecule has 0 aliphatic rings. The van der Waals surface area contributed by atoms with Gasteiger partial charge in [0.2, 0.25) is 10.0 Å². The molecule has 0 saturated heterocycles. The molecule has 0 bridgehead atoms. The minimum Gasteiger partial charge on any atom is -0.390 e. The maximum absolute atomic E-state index is 12.7. The van der Waals surface area contributed by atoms with E-state index >= 15 is 0 Å². The summed E-state index contributed by atoms with van der Waals surface area (Å²) >= 11 is 0. The predicted molar refractivity (Wildman–Crippen MR) is 83.6 cm³/mol. The average Bonchev–Trinajstić information content (AvgIpc) is 2.87. The van der Waals surface area contributed by atoms with E-state index in [4.69, 9.17) is 0 Å². The quantitative estimate of drug-likeness (QED) is 0.737. The van der Waals surface area contributed by atoms with Gasteiger partial charge in [-0.25, -0.2) is 8.42 Å². The van der Waals surface area contributed by atoms with E-state index in [9.17, 15) is 13.5 Å². The molecule has 0 radical (unpaired) electrons. The number of aryl methyl sites for hydroxylation is 1. The Kier molecular flexibility index (Phi) is 6.86. The van der Waals surface area contributed by atoms with Crippen LogP contribution >= 0.6 is 0 Å². The first-order valence-electron chi connectivity index (χ1n) is 7.31. The van der Waals surface area contributed by atoms with Crippen molar-refractivity contribution in [3.05, 3.63) is 18.0 Å². The Balaban J connectivity index is 2.93. The van der Waals surface area contributed by atoms with Crippen LogP contribution in [-0.4, -0.2) is 61.0 Å². The number of aromatic nitrogens is 1. The van der Waals surface area contributed by atoms with Gasteiger partial charge in [-0.3, -0.25) is 0 Å². The van der Waals surface area contributed by atoms with Crippen LogP contribution in [0.25, 0.3) is 0 Å². The molecule has 0 aliphatic carbocycles. The second-order valence-electron chi connectivity index (χ2n) is 5.26. The number of aliphatic hydroxyl groups is 1. The molecule has 1 rings (SSSR count). The van der Waals surface area contributed by atoms with Gasteiger partial charge in [-0.2, -0.15) is 4.31 Å². The highest BCUT2D eigenvalue weighted by atomic mass is 32.2. The average molecular weight is 317 g/mol. The molecule has 1 heterocycles. The minimum atomic E-state index is -3.49. The van der Waals surface area contributed by atoms with Crippen LogP contribution in [0.5, 0.6) is 0 Å². The van der Waals surface area contributed by atoms with Crippen molar-refractivity contribution in [3.63, 3.8) is 0 Å². The molecular weight excluding hydrogens is 290 g/mol. The molecule has 1 N–H and O–H groups in total. The lowest BCUT2D eigenvalue weighted by atomic mass is 10.4. The number of hydrogen-bond acceptors (Lipinski definition) is 4. The Hall–Kier alpha value is -0.890. The molecule has 0 spiro atoms. The molecule has 0 unspecified atom stereocenters. The Morgan fingerprint density at radius 3 is 2.33 bits per heavy atom. The highest BCUT2D eigenvalue weighted by Crippen LogP contribution is 2.19. The molecule has 0 fully saturated rings. The third-order valence-electron chi connectivity index (χ3n) is 3.47. The largest absolute Gasteiger partial charge is 0.390 e. The van der Waals surface area contributed by atoms with Crippen molar-refractivity contribution in [2.75, 3.05) is 33.7 Å². The zero-order valence-electron chi connectivity index (χ0n) is 13.4. The Morgan fingerprint density at radius 1 is 1.24 bits per heavy atom. The summed E-state index contributed by atoms with van der Waals surface area (Å²) in [5.74, 6) is 0. The lowest BCUT2D eigenvalue weighted by Gasteiger charge is -2.20. The Morgan fingerprint density at radius 2 is 1.90 bits per heavy atom. The number of sulfonamides is 1. The van der Waals surface area contributed by atoms with Gasteiger partial charge in [-0.1, -0.05) is 6.92 Å². The number of aliphatic hydroxyl groups excluding tert-OH is 1. The molecule has 0 aromatic carbocycles. The Bertz CT molecular complexity index is 516. The van der Waals surface area contributed by atoms with E-state index in [-0.39, 0.29) is 11.5 Å². The van der Waals surface area contributed by atoms with Crippen LogP contribution in [0.3, 0.4) is 0 Å². The van der Waals surface area contributed by atoms with E-state index in [0.29, 0.717) is 25.3 Å². The zero-order chi connectivity index (χ0) is 16.0. The summed E-state index contributed by atoms with van der Waals surface area (Å²) in [6, 6.07) is 1.56. The summed E-state index contributed by atoms with van der Waals surface area (Å²) in [5, 5.41) is 9.29. The van der Waals surface area contributed by atoms with Gasteiger partial charge in [-0.15, -0.1) is 0 Å². The standard InChI is InChI=1S/C14H27N3O3S/c1-5-16-11-14(10-13(16)12-18)21(19,20)17(6-2)9-7-8-15(3)4/h10-11,18H,5-9,12H2,1-4H3. The van der Waals surface area contributed by atoms with Crippen LogP contribution in [0, 0.1) is 0 Å². The van der Waals surface area contributed by atoms with Crippen molar-refractivity contribution < 1.29 is 13.5 Å². The van der Waals surface area contributed by atoms with E-state index in [2.05, 4.69) is 0 Å². The second-order valence-corrected chi connectivity index (χ2v) is 7.20. The number of rotatable bonds is 9. The summed E-state index contributed by atoms with van der Waals surface area (Å²) in [4.78, 5) is 2.30. The van der Waals surface area contributed by atoms with Crippen molar-refractivity contribution >= 4 is 10.0 Å². The van der Waals surface area contributed by atoms with Crippen molar-refractivity contribution in [2.24, 2.45) is 0 Å². The van der Waals surface area contributed by atoms with E-state index < -0.39 is 10.0 Å². The van der Waals surface area contributed by atoms with Crippen LogP contribution in [0.15, 0.2) is 17.2 Å². The van der Waals surface area contributed by atoms with Gasteiger partial charge in [-0.05, 0) is 40.1 Å². The van der Waals surface area contributed by atoms with Crippen molar-refractivity contribution in [1.82, 2.24) is 13.8 Å². The van der Waals surface area contributed by atoms with E-state index in [1.807, 2.05) is 32.8 Å². The molecule has 7 heteroatoms. The third kappa shape index (κ3) is 4.54. The van der Waals surface area contributed by atoms with Gasteiger partial charge in [0.25, 0.3) is 0 Å². The predicted octanol–water partition coefficient (Wildman–Crippen LogP) is 0.963. The molecule has 0 amide bonds. The first kappa shape index (κ1) is 18.2.